The molecule has 3 nitrogen and oxygen atoms in total. The van der Waals surface area contributed by atoms with Crippen molar-refractivity contribution >= 4 is 17.3 Å². The molecule has 7 heteroatoms. The van der Waals surface area contributed by atoms with Crippen LogP contribution in [0.4, 0.5) is 28.9 Å². The summed E-state index contributed by atoms with van der Waals surface area (Å²) in [5.74, 6) is -1.88. The summed E-state index contributed by atoms with van der Waals surface area (Å²) in [6.07, 6.45) is -4.59. The molecule has 0 saturated carbocycles. The number of carboxylic acid groups (broad SMARTS) is 1. The number of aromatic carboxylic acids is 1. The Labute approximate surface area is 116 Å². The summed E-state index contributed by atoms with van der Waals surface area (Å²) < 4.78 is 50.8. The second-order valence-corrected chi connectivity index (χ2v) is 4.20. The summed E-state index contributed by atoms with van der Waals surface area (Å²) in [5, 5.41) is 11.5. The molecule has 0 radical (unpaired) electrons. The van der Waals surface area contributed by atoms with E-state index in [0.29, 0.717) is 12.1 Å². The third-order valence-electron chi connectivity index (χ3n) is 2.70. The third-order valence-corrected chi connectivity index (χ3v) is 2.70. The van der Waals surface area contributed by atoms with Crippen LogP contribution in [0.2, 0.25) is 0 Å². The molecule has 0 unspecified atom stereocenters. The Kier molecular flexibility index (Phi) is 3.84. The van der Waals surface area contributed by atoms with Crippen molar-refractivity contribution in [3.8, 4) is 0 Å². The van der Waals surface area contributed by atoms with Gasteiger partial charge in [0.15, 0.2) is 0 Å². The molecule has 0 aliphatic heterocycles. The molecule has 0 aliphatic rings. The summed E-state index contributed by atoms with van der Waals surface area (Å²) in [6.45, 7) is 0. The summed E-state index contributed by atoms with van der Waals surface area (Å²) >= 11 is 0. The van der Waals surface area contributed by atoms with Gasteiger partial charge in [0.25, 0.3) is 0 Å². The van der Waals surface area contributed by atoms with E-state index in [1.54, 1.807) is 0 Å². The van der Waals surface area contributed by atoms with Crippen LogP contribution in [0, 0.1) is 5.82 Å². The fourth-order valence-corrected chi connectivity index (χ4v) is 1.70. The number of alkyl halides is 3. The van der Waals surface area contributed by atoms with E-state index in [-0.39, 0.29) is 16.9 Å². The highest BCUT2D eigenvalue weighted by molar-refractivity contribution is 5.95. The third kappa shape index (κ3) is 3.50. The molecular weight excluding hydrogens is 290 g/mol. The van der Waals surface area contributed by atoms with Gasteiger partial charge in [0.05, 0.1) is 16.8 Å². The van der Waals surface area contributed by atoms with Crippen molar-refractivity contribution in [1.82, 2.24) is 0 Å². The molecule has 0 aromatic heterocycles. The highest BCUT2D eigenvalue weighted by Crippen LogP contribution is 2.33. The quantitative estimate of drug-likeness (QED) is 0.831. The van der Waals surface area contributed by atoms with E-state index in [2.05, 4.69) is 5.32 Å². The SMILES string of the molecule is O=C(O)c1ccc(C(F)(F)F)cc1Nc1ccc(F)cc1. The number of anilines is 2. The van der Waals surface area contributed by atoms with Crippen molar-refractivity contribution in [3.05, 3.63) is 59.4 Å². The van der Waals surface area contributed by atoms with E-state index < -0.39 is 23.5 Å². The van der Waals surface area contributed by atoms with Crippen LogP contribution < -0.4 is 5.32 Å². The van der Waals surface area contributed by atoms with Gasteiger partial charge < -0.3 is 10.4 Å². The smallest absolute Gasteiger partial charge is 0.416 e. The lowest BCUT2D eigenvalue weighted by atomic mass is 10.1. The molecule has 0 fully saturated rings. The minimum atomic E-state index is -4.59. The Bertz CT molecular complexity index is 666. The molecule has 0 saturated heterocycles. The first kappa shape index (κ1) is 14.8. The van der Waals surface area contributed by atoms with Crippen LogP contribution in [0.3, 0.4) is 0 Å². The van der Waals surface area contributed by atoms with Crippen molar-refractivity contribution in [1.29, 1.82) is 0 Å². The van der Waals surface area contributed by atoms with Crippen LogP contribution >= 0.6 is 0 Å². The van der Waals surface area contributed by atoms with Gasteiger partial charge in [-0.05, 0) is 42.5 Å². The van der Waals surface area contributed by atoms with E-state index in [0.717, 1.165) is 18.2 Å². The number of hydrogen-bond donors (Lipinski definition) is 2. The van der Waals surface area contributed by atoms with Gasteiger partial charge in [0.1, 0.15) is 5.82 Å². The lowest BCUT2D eigenvalue weighted by Gasteiger charge is -2.13. The molecule has 110 valence electrons. The monoisotopic (exact) mass is 299 g/mol. The van der Waals surface area contributed by atoms with E-state index in [1.165, 1.54) is 12.1 Å². The second-order valence-electron chi connectivity index (χ2n) is 4.20. The van der Waals surface area contributed by atoms with Crippen LogP contribution in [0.15, 0.2) is 42.5 Å². The first-order chi connectivity index (χ1) is 9.77. The fourth-order valence-electron chi connectivity index (χ4n) is 1.70. The van der Waals surface area contributed by atoms with Gasteiger partial charge in [-0.15, -0.1) is 0 Å². The highest BCUT2D eigenvalue weighted by Gasteiger charge is 2.31. The number of carbonyl (C=O) groups is 1. The fraction of sp³-hybridized carbons (Fsp3) is 0.0714. The van der Waals surface area contributed by atoms with Crippen molar-refractivity contribution < 1.29 is 27.5 Å². The van der Waals surface area contributed by atoms with E-state index in [9.17, 15) is 22.4 Å². The standard InChI is InChI=1S/C14H9F4NO2/c15-9-2-4-10(5-3-9)19-12-7-8(14(16,17)18)1-6-11(12)13(20)21/h1-7,19H,(H,20,21). The normalized spacial score (nSPS) is 11.2. The molecule has 0 amide bonds. The molecular formula is C14H9F4NO2. The maximum Gasteiger partial charge on any atom is 0.416 e. The van der Waals surface area contributed by atoms with Crippen molar-refractivity contribution in [2.75, 3.05) is 5.32 Å². The maximum atomic E-state index is 12.8. The molecule has 21 heavy (non-hydrogen) atoms. The molecule has 0 bridgehead atoms. The Balaban J connectivity index is 2.43. The highest BCUT2D eigenvalue weighted by atomic mass is 19.4. The zero-order valence-electron chi connectivity index (χ0n) is 10.4. The zero-order chi connectivity index (χ0) is 15.6. The van der Waals surface area contributed by atoms with Crippen LogP contribution in [-0.4, -0.2) is 11.1 Å². The molecule has 0 atom stereocenters. The average molecular weight is 299 g/mol. The van der Waals surface area contributed by atoms with Gasteiger partial charge >= 0.3 is 12.1 Å². The number of benzene rings is 2. The van der Waals surface area contributed by atoms with Gasteiger partial charge in [0, 0.05) is 5.69 Å². The Hall–Kier alpha value is -2.57. The topological polar surface area (TPSA) is 49.3 Å². The number of carboxylic acids is 1. The van der Waals surface area contributed by atoms with Crippen molar-refractivity contribution in [2.45, 2.75) is 6.18 Å². The van der Waals surface area contributed by atoms with Gasteiger partial charge in [-0.3, -0.25) is 0 Å². The largest absolute Gasteiger partial charge is 0.478 e. The predicted molar refractivity (Wildman–Crippen MR) is 68.1 cm³/mol. The Morgan fingerprint density at radius 3 is 2.19 bits per heavy atom. The number of halogens is 4. The lowest BCUT2D eigenvalue weighted by Crippen LogP contribution is -2.09. The summed E-state index contributed by atoms with van der Waals surface area (Å²) in [4.78, 5) is 11.0. The summed E-state index contributed by atoms with van der Waals surface area (Å²) in [5.41, 5.74) is -1.23. The number of rotatable bonds is 3. The molecule has 2 N–H and O–H groups in total. The molecule has 0 heterocycles. The van der Waals surface area contributed by atoms with E-state index in [4.69, 9.17) is 5.11 Å². The molecule has 2 rings (SSSR count). The number of nitrogens with one attached hydrogen (secondary N) is 1. The molecule has 2 aromatic rings. The molecule has 0 aliphatic carbocycles. The van der Waals surface area contributed by atoms with Crippen LogP contribution in [-0.2, 0) is 6.18 Å². The first-order valence-corrected chi connectivity index (χ1v) is 5.74. The molecule has 0 spiro atoms. The van der Waals surface area contributed by atoms with Gasteiger partial charge in [-0.25, -0.2) is 9.18 Å². The van der Waals surface area contributed by atoms with Crippen molar-refractivity contribution in [3.63, 3.8) is 0 Å². The van der Waals surface area contributed by atoms with E-state index in [1.807, 2.05) is 0 Å². The lowest BCUT2D eigenvalue weighted by molar-refractivity contribution is -0.137. The second kappa shape index (κ2) is 5.43. The van der Waals surface area contributed by atoms with Crippen molar-refractivity contribution in [2.24, 2.45) is 0 Å². The Morgan fingerprint density at radius 1 is 1.05 bits per heavy atom. The average Bonchev–Trinajstić information content (AvgIpc) is 2.40. The first-order valence-electron chi connectivity index (χ1n) is 5.74. The number of hydrogen-bond acceptors (Lipinski definition) is 2. The van der Waals surface area contributed by atoms with Crippen LogP contribution in [0.1, 0.15) is 15.9 Å². The zero-order valence-corrected chi connectivity index (χ0v) is 10.4. The van der Waals surface area contributed by atoms with Crippen LogP contribution in [0.25, 0.3) is 0 Å². The predicted octanol–water partition coefficient (Wildman–Crippen LogP) is 4.29. The van der Waals surface area contributed by atoms with Crippen LogP contribution in [0.5, 0.6) is 0 Å². The summed E-state index contributed by atoms with van der Waals surface area (Å²) in [7, 11) is 0. The van der Waals surface area contributed by atoms with E-state index >= 15 is 0 Å². The Morgan fingerprint density at radius 2 is 1.67 bits per heavy atom. The maximum absolute atomic E-state index is 12.8. The molecule has 2 aromatic carbocycles. The minimum Gasteiger partial charge on any atom is -0.478 e. The van der Waals surface area contributed by atoms with Gasteiger partial charge in [0.2, 0.25) is 0 Å². The minimum absolute atomic E-state index is 0.219. The summed E-state index contributed by atoms with van der Waals surface area (Å²) in [6, 6.07) is 7.07. The van der Waals surface area contributed by atoms with Gasteiger partial charge in [-0.2, -0.15) is 13.2 Å². The van der Waals surface area contributed by atoms with Gasteiger partial charge in [-0.1, -0.05) is 0 Å².